The van der Waals surface area contributed by atoms with E-state index in [1.165, 1.54) is 16.7 Å². The minimum atomic E-state index is -0.201. The molecule has 0 aromatic rings. The van der Waals surface area contributed by atoms with Crippen LogP contribution in [0, 0.1) is 0 Å². The summed E-state index contributed by atoms with van der Waals surface area (Å²) in [6.07, 6.45) is 2.36. The number of hydrogen-bond acceptors (Lipinski definition) is 3. The number of carbonyl (C=O) groups excluding carboxylic acids is 1. The molecular formula is C4H6N2OS. The summed E-state index contributed by atoms with van der Waals surface area (Å²) in [4.78, 5) is 11.4. The van der Waals surface area contributed by atoms with E-state index < -0.39 is 0 Å². The second-order valence-electron chi connectivity index (χ2n) is 1.36. The molecule has 44 valence electrons. The van der Waals surface area contributed by atoms with E-state index >= 15 is 0 Å². The minimum Gasteiger partial charge on any atom is -0.302 e. The maximum atomic E-state index is 10.00. The van der Waals surface area contributed by atoms with Gasteiger partial charge in [-0.2, -0.15) is 0 Å². The van der Waals surface area contributed by atoms with Crippen molar-refractivity contribution in [1.29, 1.82) is 0 Å². The lowest BCUT2D eigenvalue weighted by atomic mass is 10.8. The fourth-order valence-corrected chi connectivity index (χ4v) is 1.07. The Morgan fingerprint density at radius 2 is 2.62 bits per heavy atom. The topological polar surface area (TPSA) is 46.3 Å². The Morgan fingerprint density at radius 1 is 1.88 bits per heavy atom. The number of nitrogens with zero attached hydrogens (tertiary/aromatic N) is 1. The highest BCUT2D eigenvalue weighted by molar-refractivity contribution is 8.02. The van der Waals surface area contributed by atoms with Crippen LogP contribution in [0.1, 0.15) is 0 Å². The summed E-state index contributed by atoms with van der Waals surface area (Å²) in [5.41, 5.74) is 5.18. The van der Waals surface area contributed by atoms with Gasteiger partial charge in [-0.05, 0) is 5.41 Å². The molecular weight excluding hydrogens is 124 g/mol. The van der Waals surface area contributed by atoms with Crippen LogP contribution in [-0.4, -0.2) is 16.8 Å². The van der Waals surface area contributed by atoms with E-state index in [2.05, 4.69) is 0 Å². The highest BCUT2D eigenvalue weighted by Gasteiger charge is 2.12. The van der Waals surface area contributed by atoms with Crippen LogP contribution in [0.4, 0.5) is 0 Å². The molecule has 1 atom stereocenters. The first kappa shape index (κ1) is 5.65. The van der Waals surface area contributed by atoms with Gasteiger partial charge in [0.1, 0.15) is 5.50 Å². The zero-order chi connectivity index (χ0) is 5.98. The van der Waals surface area contributed by atoms with Gasteiger partial charge in [0.2, 0.25) is 6.41 Å². The number of hydrogen-bond donors (Lipinski definition) is 1. The van der Waals surface area contributed by atoms with E-state index in [4.69, 9.17) is 5.73 Å². The average molecular weight is 130 g/mol. The van der Waals surface area contributed by atoms with Crippen LogP contribution in [0.25, 0.3) is 0 Å². The summed E-state index contributed by atoms with van der Waals surface area (Å²) in [6.45, 7) is 0. The van der Waals surface area contributed by atoms with Crippen LogP contribution in [-0.2, 0) is 4.79 Å². The smallest absolute Gasteiger partial charge is 0.215 e. The highest BCUT2D eigenvalue weighted by Crippen LogP contribution is 2.17. The van der Waals surface area contributed by atoms with Crippen LogP contribution in [0.2, 0.25) is 0 Å². The molecule has 0 fully saturated rings. The van der Waals surface area contributed by atoms with Gasteiger partial charge >= 0.3 is 0 Å². The highest BCUT2D eigenvalue weighted by atomic mass is 32.2. The normalized spacial score (nSPS) is 26.6. The standard InChI is InChI=1S/C4H6N2OS/c5-4-6(3-7)1-2-8-4/h1-4H,5H2. The number of nitrogens with two attached hydrogens (primary N) is 1. The summed E-state index contributed by atoms with van der Waals surface area (Å²) < 4.78 is 0. The fraction of sp³-hybridized carbons (Fsp3) is 0.250. The Morgan fingerprint density at radius 3 is 2.88 bits per heavy atom. The zero-order valence-corrected chi connectivity index (χ0v) is 4.97. The van der Waals surface area contributed by atoms with Crippen LogP contribution in [0.5, 0.6) is 0 Å². The molecule has 0 aliphatic carbocycles. The lowest BCUT2D eigenvalue weighted by Crippen LogP contribution is -2.30. The molecule has 1 aliphatic rings. The summed E-state index contributed by atoms with van der Waals surface area (Å²) in [5, 5.41) is 1.79. The Labute approximate surface area is 51.5 Å². The quantitative estimate of drug-likeness (QED) is 0.504. The molecule has 1 unspecified atom stereocenters. The van der Waals surface area contributed by atoms with Gasteiger partial charge in [-0.15, -0.1) is 0 Å². The van der Waals surface area contributed by atoms with Crippen LogP contribution >= 0.6 is 11.8 Å². The molecule has 8 heavy (non-hydrogen) atoms. The molecule has 0 saturated heterocycles. The predicted molar refractivity (Wildman–Crippen MR) is 32.6 cm³/mol. The lowest BCUT2D eigenvalue weighted by Gasteiger charge is -2.10. The van der Waals surface area contributed by atoms with Gasteiger partial charge < -0.3 is 5.73 Å². The molecule has 2 N–H and O–H groups in total. The molecule has 0 aromatic heterocycles. The summed E-state index contributed by atoms with van der Waals surface area (Å²) in [6, 6.07) is 0. The predicted octanol–water partition coefficient (Wildman–Crippen LogP) is -0.0949. The summed E-state index contributed by atoms with van der Waals surface area (Å²) >= 11 is 1.42. The molecule has 0 aromatic carbocycles. The van der Waals surface area contributed by atoms with E-state index in [1.807, 2.05) is 0 Å². The van der Waals surface area contributed by atoms with Gasteiger partial charge in [0, 0.05) is 6.20 Å². The first-order chi connectivity index (χ1) is 3.84. The van der Waals surface area contributed by atoms with Crippen LogP contribution in [0.15, 0.2) is 11.6 Å². The monoisotopic (exact) mass is 130 g/mol. The second-order valence-corrected chi connectivity index (χ2v) is 2.39. The minimum absolute atomic E-state index is 0.201. The fourth-order valence-electron chi connectivity index (χ4n) is 0.436. The Hall–Kier alpha value is -0.480. The third kappa shape index (κ3) is 0.850. The molecule has 1 amide bonds. The molecule has 0 bridgehead atoms. The van der Waals surface area contributed by atoms with E-state index in [1.54, 1.807) is 11.6 Å². The van der Waals surface area contributed by atoms with Crippen LogP contribution < -0.4 is 5.73 Å². The van der Waals surface area contributed by atoms with Gasteiger partial charge in [-0.25, -0.2) is 0 Å². The van der Waals surface area contributed by atoms with Crippen molar-refractivity contribution in [3.63, 3.8) is 0 Å². The van der Waals surface area contributed by atoms with Gasteiger partial charge in [0.05, 0.1) is 0 Å². The SMILES string of the molecule is NC1SC=CN1C=O. The maximum Gasteiger partial charge on any atom is 0.215 e. The molecule has 1 aliphatic heterocycles. The van der Waals surface area contributed by atoms with Gasteiger partial charge in [-0.3, -0.25) is 9.69 Å². The van der Waals surface area contributed by atoms with Crippen molar-refractivity contribution in [3.05, 3.63) is 11.6 Å². The lowest BCUT2D eigenvalue weighted by molar-refractivity contribution is -0.116. The van der Waals surface area contributed by atoms with Gasteiger partial charge in [0.15, 0.2) is 0 Å². The first-order valence-corrected chi connectivity index (χ1v) is 3.09. The summed E-state index contributed by atoms with van der Waals surface area (Å²) in [7, 11) is 0. The van der Waals surface area contributed by atoms with Crippen molar-refractivity contribution in [2.75, 3.05) is 0 Å². The van der Waals surface area contributed by atoms with E-state index in [9.17, 15) is 4.79 Å². The van der Waals surface area contributed by atoms with Crippen molar-refractivity contribution < 1.29 is 4.79 Å². The number of thioether (sulfide) groups is 1. The third-order valence-electron chi connectivity index (χ3n) is 0.867. The van der Waals surface area contributed by atoms with E-state index in [0.717, 1.165) is 0 Å². The number of amides is 1. The maximum absolute atomic E-state index is 10.00. The number of carbonyl (C=O) groups is 1. The van der Waals surface area contributed by atoms with Crippen molar-refractivity contribution >= 4 is 18.2 Å². The van der Waals surface area contributed by atoms with Crippen molar-refractivity contribution in [1.82, 2.24) is 4.90 Å². The molecule has 1 rings (SSSR count). The first-order valence-electron chi connectivity index (χ1n) is 2.15. The van der Waals surface area contributed by atoms with E-state index in [-0.39, 0.29) is 5.50 Å². The van der Waals surface area contributed by atoms with Gasteiger partial charge in [-0.1, -0.05) is 11.8 Å². The molecule has 0 saturated carbocycles. The van der Waals surface area contributed by atoms with Crippen molar-refractivity contribution in [2.45, 2.75) is 5.50 Å². The zero-order valence-electron chi connectivity index (χ0n) is 4.15. The second kappa shape index (κ2) is 2.19. The van der Waals surface area contributed by atoms with E-state index in [0.29, 0.717) is 6.41 Å². The van der Waals surface area contributed by atoms with Crippen LogP contribution in [0.3, 0.4) is 0 Å². The molecule has 0 spiro atoms. The Balaban J connectivity index is 2.52. The third-order valence-corrected chi connectivity index (χ3v) is 1.67. The Kier molecular flexibility index (Phi) is 1.55. The summed E-state index contributed by atoms with van der Waals surface area (Å²) in [5.74, 6) is 0. The van der Waals surface area contributed by atoms with Gasteiger partial charge in [0.25, 0.3) is 0 Å². The molecule has 0 radical (unpaired) electrons. The van der Waals surface area contributed by atoms with Crippen molar-refractivity contribution in [3.8, 4) is 0 Å². The number of rotatable bonds is 1. The average Bonchev–Trinajstić information content (AvgIpc) is 2.14. The molecule has 1 heterocycles. The molecule has 3 nitrogen and oxygen atoms in total. The Bertz CT molecular complexity index is 125. The molecule has 4 heteroatoms. The largest absolute Gasteiger partial charge is 0.302 e. The van der Waals surface area contributed by atoms with Crippen molar-refractivity contribution in [2.24, 2.45) is 5.73 Å².